The zero-order valence-corrected chi connectivity index (χ0v) is 14.6. The van der Waals surface area contributed by atoms with Crippen molar-refractivity contribution in [2.45, 2.75) is 52.2 Å². The first-order valence-electron chi connectivity index (χ1n) is 9.09. The molecule has 0 radical (unpaired) electrons. The zero-order valence-electron chi connectivity index (χ0n) is 14.6. The van der Waals surface area contributed by atoms with Crippen molar-refractivity contribution in [2.75, 3.05) is 18.0 Å². The predicted molar refractivity (Wildman–Crippen MR) is 94.4 cm³/mol. The molecule has 5 heteroatoms. The number of aryl methyl sites for hydroxylation is 1. The highest BCUT2D eigenvalue weighted by molar-refractivity contribution is 5.58. The fourth-order valence-electron chi connectivity index (χ4n) is 3.71. The fraction of sp³-hybridized carbons (Fsp3) is 0.579. The molecule has 1 aliphatic carbocycles. The van der Waals surface area contributed by atoms with Gasteiger partial charge in [-0.15, -0.1) is 10.2 Å². The van der Waals surface area contributed by atoms with Crippen molar-refractivity contribution in [2.24, 2.45) is 5.92 Å². The Hall–Kier alpha value is -2.04. The van der Waals surface area contributed by atoms with Crippen LogP contribution in [-0.2, 0) is 6.61 Å². The van der Waals surface area contributed by atoms with Gasteiger partial charge in [-0.05, 0) is 50.7 Å². The predicted octanol–water partition coefficient (Wildman–Crippen LogP) is 3.74. The summed E-state index contributed by atoms with van der Waals surface area (Å²) in [6.07, 6.45) is 5.04. The molecule has 1 aromatic carbocycles. The number of aromatic nitrogens is 3. The summed E-state index contributed by atoms with van der Waals surface area (Å²) < 4.78 is 8.42. The Labute approximate surface area is 143 Å². The third-order valence-corrected chi connectivity index (χ3v) is 5.07. The normalized spacial score (nSPS) is 21.1. The van der Waals surface area contributed by atoms with Gasteiger partial charge in [-0.2, -0.15) is 0 Å². The quantitative estimate of drug-likeness (QED) is 0.839. The summed E-state index contributed by atoms with van der Waals surface area (Å²) in [6, 6.07) is 8.96. The Balaban J connectivity index is 1.51. The second-order valence-corrected chi connectivity index (χ2v) is 7.21. The fourth-order valence-corrected chi connectivity index (χ4v) is 3.71. The summed E-state index contributed by atoms with van der Waals surface area (Å²) in [5.74, 6) is 3.63. The van der Waals surface area contributed by atoms with Gasteiger partial charge in [0.05, 0.1) is 5.69 Å². The maximum Gasteiger partial charge on any atom is 0.171 e. The lowest BCUT2D eigenvalue weighted by Gasteiger charge is -2.33. The summed E-state index contributed by atoms with van der Waals surface area (Å²) in [5, 5.41) is 8.56. The number of para-hydroxylation sites is 2. The van der Waals surface area contributed by atoms with Crippen LogP contribution in [-0.4, -0.2) is 27.9 Å². The molecule has 1 saturated heterocycles. The van der Waals surface area contributed by atoms with E-state index in [1.807, 2.05) is 13.0 Å². The molecule has 2 aromatic rings. The molecule has 2 heterocycles. The first-order valence-corrected chi connectivity index (χ1v) is 9.09. The summed E-state index contributed by atoms with van der Waals surface area (Å²) in [7, 11) is 0. The van der Waals surface area contributed by atoms with Gasteiger partial charge in [0.15, 0.2) is 5.82 Å². The Bertz CT molecular complexity index is 707. The van der Waals surface area contributed by atoms with Crippen molar-refractivity contribution >= 4 is 5.69 Å². The average Bonchev–Trinajstić information content (AvgIpc) is 3.36. The molecule has 2 fully saturated rings. The largest absolute Gasteiger partial charge is 0.483 e. The van der Waals surface area contributed by atoms with E-state index in [0.717, 1.165) is 36.4 Å². The van der Waals surface area contributed by atoms with Crippen LogP contribution in [0.5, 0.6) is 5.75 Å². The summed E-state index contributed by atoms with van der Waals surface area (Å²) in [4.78, 5) is 2.46. The molecular formula is C19H26N4O. The van der Waals surface area contributed by atoms with Crippen molar-refractivity contribution in [3.63, 3.8) is 0 Å². The molecule has 0 bridgehead atoms. The maximum absolute atomic E-state index is 6.18. The Morgan fingerprint density at radius 2 is 2.00 bits per heavy atom. The molecule has 1 atom stereocenters. The molecule has 2 aliphatic rings. The van der Waals surface area contributed by atoms with Crippen LogP contribution < -0.4 is 9.64 Å². The van der Waals surface area contributed by atoms with Crippen LogP contribution in [0, 0.1) is 12.8 Å². The summed E-state index contributed by atoms with van der Waals surface area (Å²) in [5.41, 5.74) is 1.21. The average molecular weight is 326 g/mol. The molecule has 128 valence electrons. The van der Waals surface area contributed by atoms with Gasteiger partial charge in [0.25, 0.3) is 0 Å². The number of hydrogen-bond donors (Lipinski definition) is 0. The van der Waals surface area contributed by atoms with Crippen LogP contribution in [0.4, 0.5) is 5.69 Å². The van der Waals surface area contributed by atoms with Crippen LogP contribution >= 0.6 is 0 Å². The van der Waals surface area contributed by atoms with Gasteiger partial charge in [-0.1, -0.05) is 19.1 Å². The van der Waals surface area contributed by atoms with E-state index in [1.54, 1.807) is 0 Å². The van der Waals surface area contributed by atoms with E-state index >= 15 is 0 Å². The topological polar surface area (TPSA) is 43.2 Å². The number of anilines is 1. The molecule has 1 aromatic heterocycles. The second kappa shape index (κ2) is 6.46. The smallest absolute Gasteiger partial charge is 0.171 e. The number of nitrogens with zero attached hydrogens (tertiary/aromatic N) is 4. The first kappa shape index (κ1) is 15.5. The molecule has 1 saturated carbocycles. The minimum absolute atomic E-state index is 0.484. The van der Waals surface area contributed by atoms with Crippen LogP contribution in [0.15, 0.2) is 24.3 Å². The molecule has 5 nitrogen and oxygen atoms in total. The van der Waals surface area contributed by atoms with Crippen molar-refractivity contribution in [3.8, 4) is 5.75 Å². The lowest BCUT2D eigenvalue weighted by Crippen LogP contribution is -2.34. The van der Waals surface area contributed by atoms with Gasteiger partial charge in [0.2, 0.25) is 0 Å². The van der Waals surface area contributed by atoms with Crippen LogP contribution in [0.25, 0.3) is 0 Å². The summed E-state index contributed by atoms with van der Waals surface area (Å²) in [6.45, 7) is 7.06. The maximum atomic E-state index is 6.18. The third kappa shape index (κ3) is 3.12. The van der Waals surface area contributed by atoms with Crippen molar-refractivity contribution in [1.82, 2.24) is 14.8 Å². The third-order valence-electron chi connectivity index (χ3n) is 5.07. The van der Waals surface area contributed by atoms with Gasteiger partial charge in [0, 0.05) is 19.1 Å². The van der Waals surface area contributed by atoms with Gasteiger partial charge in [-0.25, -0.2) is 0 Å². The highest BCUT2D eigenvalue weighted by Crippen LogP contribution is 2.37. The molecule has 0 unspecified atom stereocenters. The monoisotopic (exact) mass is 326 g/mol. The lowest BCUT2D eigenvalue weighted by molar-refractivity contribution is 0.288. The molecule has 0 spiro atoms. The molecule has 0 amide bonds. The van der Waals surface area contributed by atoms with Gasteiger partial charge < -0.3 is 14.2 Å². The van der Waals surface area contributed by atoms with E-state index in [4.69, 9.17) is 4.74 Å². The number of rotatable bonds is 5. The highest BCUT2D eigenvalue weighted by atomic mass is 16.5. The molecule has 1 aliphatic heterocycles. The van der Waals surface area contributed by atoms with Crippen molar-refractivity contribution in [3.05, 3.63) is 35.9 Å². The van der Waals surface area contributed by atoms with E-state index in [2.05, 4.69) is 44.8 Å². The molecule has 0 N–H and O–H groups in total. The van der Waals surface area contributed by atoms with Crippen LogP contribution in [0.3, 0.4) is 0 Å². The van der Waals surface area contributed by atoms with E-state index in [0.29, 0.717) is 12.6 Å². The SMILES string of the molecule is Cc1nnc(COc2ccccc2N2CCC[C@H](C)C2)n1C1CC1. The molecule has 4 rings (SSSR count). The minimum atomic E-state index is 0.484. The standard InChI is InChI=1S/C19H26N4O/c1-14-6-5-11-22(12-14)17-7-3-4-8-18(17)24-13-19-21-20-15(2)23(19)16-9-10-16/h3-4,7-8,14,16H,5-6,9-13H2,1-2H3/t14-/m0/s1. The number of benzene rings is 1. The minimum Gasteiger partial charge on any atom is -0.483 e. The Kier molecular flexibility index (Phi) is 4.17. The van der Waals surface area contributed by atoms with E-state index < -0.39 is 0 Å². The van der Waals surface area contributed by atoms with Gasteiger partial charge in [0.1, 0.15) is 18.2 Å². The zero-order chi connectivity index (χ0) is 16.5. The summed E-state index contributed by atoms with van der Waals surface area (Å²) >= 11 is 0. The molecular weight excluding hydrogens is 300 g/mol. The van der Waals surface area contributed by atoms with Gasteiger partial charge >= 0.3 is 0 Å². The van der Waals surface area contributed by atoms with Gasteiger partial charge in [-0.3, -0.25) is 0 Å². The Morgan fingerprint density at radius 1 is 1.17 bits per heavy atom. The Morgan fingerprint density at radius 3 is 2.79 bits per heavy atom. The van der Waals surface area contributed by atoms with Crippen LogP contribution in [0.1, 0.15) is 50.3 Å². The van der Waals surface area contributed by atoms with Crippen molar-refractivity contribution < 1.29 is 4.74 Å². The highest BCUT2D eigenvalue weighted by Gasteiger charge is 2.28. The van der Waals surface area contributed by atoms with E-state index in [9.17, 15) is 0 Å². The van der Waals surface area contributed by atoms with Crippen molar-refractivity contribution in [1.29, 1.82) is 0 Å². The van der Waals surface area contributed by atoms with E-state index in [-0.39, 0.29) is 0 Å². The van der Waals surface area contributed by atoms with Crippen LogP contribution in [0.2, 0.25) is 0 Å². The number of ether oxygens (including phenoxy) is 1. The number of piperidine rings is 1. The molecule has 24 heavy (non-hydrogen) atoms. The lowest BCUT2D eigenvalue weighted by atomic mass is 9.99. The first-order chi connectivity index (χ1) is 11.7. The van der Waals surface area contributed by atoms with E-state index in [1.165, 1.54) is 31.4 Å². The number of hydrogen-bond acceptors (Lipinski definition) is 4. The second-order valence-electron chi connectivity index (χ2n) is 7.21.